The van der Waals surface area contributed by atoms with E-state index in [9.17, 15) is 9.59 Å². The number of hydrogen-bond donors (Lipinski definition) is 0. The zero-order valence-corrected chi connectivity index (χ0v) is 19.1. The maximum atomic E-state index is 12.6. The fraction of sp³-hybridized carbons (Fsp3) is 0.310. The minimum absolute atomic E-state index is 0.0869. The first-order chi connectivity index (χ1) is 15.5. The minimum Gasteiger partial charge on any atom is -0.423 e. The van der Waals surface area contributed by atoms with Gasteiger partial charge in [-0.25, -0.2) is 4.79 Å². The number of rotatable bonds is 11. The molecule has 3 aromatic rings. The summed E-state index contributed by atoms with van der Waals surface area (Å²) in [7, 11) is 0. The number of ketones is 1. The molecular formula is C29H32O3. The average molecular weight is 429 g/mol. The maximum Gasteiger partial charge on any atom is 0.343 e. The Morgan fingerprint density at radius 1 is 0.688 bits per heavy atom. The summed E-state index contributed by atoms with van der Waals surface area (Å²) in [6.07, 6.45) is 7.74. The summed E-state index contributed by atoms with van der Waals surface area (Å²) in [5, 5.41) is 0. The summed E-state index contributed by atoms with van der Waals surface area (Å²) in [5.74, 6) is 0.165. The summed E-state index contributed by atoms with van der Waals surface area (Å²) in [4.78, 5) is 24.9. The van der Waals surface area contributed by atoms with Crippen LogP contribution in [0.5, 0.6) is 5.75 Å². The van der Waals surface area contributed by atoms with Crippen molar-refractivity contribution in [3.05, 3.63) is 101 Å². The molecule has 0 heterocycles. The van der Waals surface area contributed by atoms with Crippen LogP contribution in [0.3, 0.4) is 0 Å². The number of esters is 1. The molecule has 0 bridgehead atoms. The van der Waals surface area contributed by atoms with Crippen molar-refractivity contribution in [1.82, 2.24) is 0 Å². The zero-order chi connectivity index (χ0) is 22.8. The van der Waals surface area contributed by atoms with Crippen LogP contribution in [-0.2, 0) is 12.8 Å². The Hall–Kier alpha value is -3.20. The first-order valence-corrected chi connectivity index (χ1v) is 11.5. The normalized spacial score (nSPS) is 10.7. The Balaban J connectivity index is 1.49. The third-order valence-corrected chi connectivity index (χ3v) is 5.63. The molecule has 3 nitrogen and oxygen atoms in total. The van der Waals surface area contributed by atoms with Crippen molar-refractivity contribution in [3.8, 4) is 5.75 Å². The van der Waals surface area contributed by atoms with Gasteiger partial charge >= 0.3 is 5.97 Å². The number of carbonyl (C=O) groups is 2. The van der Waals surface area contributed by atoms with E-state index in [1.807, 2.05) is 43.3 Å². The van der Waals surface area contributed by atoms with Crippen LogP contribution in [0, 0.1) is 6.92 Å². The molecule has 0 atom stereocenters. The molecule has 0 aliphatic rings. The fourth-order valence-corrected chi connectivity index (χ4v) is 3.61. The van der Waals surface area contributed by atoms with Crippen molar-refractivity contribution < 1.29 is 14.3 Å². The van der Waals surface area contributed by atoms with Gasteiger partial charge in [-0.3, -0.25) is 4.79 Å². The second-order valence-electron chi connectivity index (χ2n) is 8.36. The molecule has 0 aliphatic heterocycles. The minimum atomic E-state index is -0.390. The molecule has 3 rings (SSSR count). The SMILES string of the molecule is CCCCCCCc1ccc(C(=O)Cc2ccc(OC(=O)c3ccc(C)cc3)cc2)cc1. The van der Waals surface area contributed by atoms with Crippen LogP contribution in [0.4, 0.5) is 0 Å². The molecule has 0 radical (unpaired) electrons. The Morgan fingerprint density at radius 3 is 1.94 bits per heavy atom. The van der Waals surface area contributed by atoms with Gasteiger partial charge in [-0.15, -0.1) is 0 Å². The summed E-state index contributed by atoms with van der Waals surface area (Å²) in [6, 6.07) is 22.4. The lowest BCUT2D eigenvalue weighted by Crippen LogP contribution is -2.08. The smallest absolute Gasteiger partial charge is 0.343 e. The standard InChI is InChI=1S/C29H32O3/c1-3-4-5-6-7-8-23-11-17-25(18-12-23)28(30)21-24-13-19-27(20-14-24)32-29(31)26-15-9-22(2)10-16-26/h9-20H,3-8,21H2,1-2H3. The molecule has 0 N–H and O–H groups in total. The number of ether oxygens (including phenoxy) is 1. The summed E-state index contributed by atoms with van der Waals surface area (Å²) in [5.41, 5.74) is 4.52. The van der Waals surface area contributed by atoms with Crippen LogP contribution >= 0.6 is 0 Å². The van der Waals surface area contributed by atoms with E-state index in [4.69, 9.17) is 4.74 Å². The molecule has 0 saturated carbocycles. The summed E-state index contributed by atoms with van der Waals surface area (Å²) >= 11 is 0. The van der Waals surface area contributed by atoms with Gasteiger partial charge in [-0.1, -0.05) is 86.7 Å². The van der Waals surface area contributed by atoms with Crippen LogP contribution in [0.1, 0.15) is 76.4 Å². The van der Waals surface area contributed by atoms with Crippen molar-refractivity contribution in [2.24, 2.45) is 0 Å². The third kappa shape index (κ3) is 7.19. The van der Waals surface area contributed by atoms with Crippen molar-refractivity contribution in [2.75, 3.05) is 0 Å². The molecule has 0 aliphatic carbocycles. The molecule has 0 aromatic heterocycles. The van der Waals surface area contributed by atoms with Crippen molar-refractivity contribution >= 4 is 11.8 Å². The van der Waals surface area contributed by atoms with Crippen LogP contribution in [-0.4, -0.2) is 11.8 Å². The largest absolute Gasteiger partial charge is 0.423 e. The molecule has 0 spiro atoms. The Morgan fingerprint density at radius 2 is 1.28 bits per heavy atom. The van der Waals surface area contributed by atoms with Gasteiger partial charge in [0.15, 0.2) is 5.78 Å². The predicted molar refractivity (Wildman–Crippen MR) is 130 cm³/mol. The van der Waals surface area contributed by atoms with Crippen molar-refractivity contribution in [2.45, 2.75) is 58.8 Å². The highest BCUT2D eigenvalue weighted by atomic mass is 16.5. The number of aryl methyl sites for hydroxylation is 2. The van der Waals surface area contributed by atoms with Gasteiger partial charge < -0.3 is 4.74 Å². The molecule has 0 unspecified atom stereocenters. The molecule has 0 saturated heterocycles. The van der Waals surface area contributed by atoms with E-state index in [0.29, 0.717) is 17.7 Å². The number of unbranched alkanes of at least 4 members (excludes halogenated alkanes) is 4. The van der Waals surface area contributed by atoms with Gasteiger partial charge in [0.25, 0.3) is 0 Å². The number of benzene rings is 3. The lowest BCUT2D eigenvalue weighted by molar-refractivity contribution is 0.0734. The highest BCUT2D eigenvalue weighted by molar-refractivity contribution is 5.97. The predicted octanol–water partition coefficient (Wildman–Crippen LogP) is 7.15. The number of Topliss-reactive ketones (excluding diaryl/α,β-unsaturated/α-hetero) is 1. The zero-order valence-electron chi connectivity index (χ0n) is 19.1. The molecular weight excluding hydrogens is 396 g/mol. The quantitative estimate of drug-likeness (QED) is 0.141. The first kappa shape index (κ1) is 23.5. The molecule has 166 valence electrons. The lowest BCUT2D eigenvalue weighted by Gasteiger charge is -2.07. The van der Waals surface area contributed by atoms with Crippen LogP contribution in [0.2, 0.25) is 0 Å². The molecule has 3 aromatic carbocycles. The average Bonchev–Trinajstić information content (AvgIpc) is 2.81. The monoisotopic (exact) mass is 428 g/mol. The lowest BCUT2D eigenvalue weighted by atomic mass is 10.00. The van der Waals surface area contributed by atoms with Gasteiger partial charge in [-0.05, 0) is 55.2 Å². The summed E-state index contributed by atoms with van der Waals surface area (Å²) < 4.78 is 5.43. The van der Waals surface area contributed by atoms with E-state index in [1.165, 1.54) is 37.7 Å². The second kappa shape index (κ2) is 12.0. The van der Waals surface area contributed by atoms with Crippen molar-refractivity contribution in [3.63, 3.8) is 0 Å². The van der Waals surface area contributed by atoms with E-state index in [-0.39, 0.29) is 11.8 Å². The van der Waals surface area contributed by atoms with E-state index in [1.54, 1.807) is 24.3 Å². The highest BCUT2D eigenvalue weighted by Crippen LogP contribution is 2.17. The van der Waals surface area contributed by atoms with Crippen LogP contribution < -0.4 is 4.74 Å². The first-order valence-electron chi connectivity index (χ1n) is 11.5. The highest BCUT2D eigenvalue weighted by Gasteiger charge is 2.10. The third-order valence-electron chi connectivity index (χ3n) is 5.63. The Kier molecular flexibility index (Phi) is 8.79. The topological polar surface area (TPSA) is 43.4 Å². The molecule has 3 heteroatoms. The van der Waals surface area contributed by atoms with Crippen LogP contribution in [0.15, 0.2) is 72.8 Å². The Bertz CT molecular complexity index is 1000. The van der Waals surface area contributed by atoms with Gasteiger partial charge in [0.05, 0.1) is 5.56 Å². The van der Waals surface area contributed by atoms with Crippen molar-refractivity contribution in [1.29, 1.82) is 0 Å². The fourth-order valence-electron chi connectivity index (χ4n) is 3.61. The molecule has 32 heavy (non-hydrogen) atoms. The van der Waals surface area contributed by atoms with Gasteiger partial charge in [0.2, 0.25) is 0 Å². The number of carbonyl (C=O) groups excluding carboxylic acids is 2. The number of hydrogen-bond acceptors (Lipinski definition) is 3. The van der Waals surface area contributed by atoms with Gasteiger partial charge in [0, 0.05) is 12.0 Å². The molecule has 0 amide bonds. The summed E-state index contributed by atoms with van der Waals surface area (Å²) in [6.45, 7) is 4.20. The Labute approximate surface area is 191 Å². The van der Waals surface area contributed by atoms with E-state index >= 15 is 0 Å². The molecule has 0 fully saturated rings. The van der Waals surface area contributed by atoms with Gasteiger partial charge in [-0.2, -0.15) is 0 Å². The van der Waals surface area contributed by atoms with E-state index < -0.39 is 0 Å². The second-order valence-corrected chi connectivity index (χ2v) is 8.36. The van der Waals surface area contributed by atoms with Crippen LogP contribution in [0.25, 0.3) is 0 Å². The van der Waals surface area contributed by atoms with E-state index in [0.717, 1.165) is 23.1 Å². The van der Waals surface area contributed by atoms with Gasteiger partial charge in [0.1, 0.15) is 5.75 Å². The van der Waals surface area contributed by atoms with E-state index in [2.05, 4.69) is 19.1 Å². The maximum absolute atomic E-state index is 12.6.